The number of nitrogens with zero attached hydrogens (tertiary/aromatic N) is 1. The molecule has 2 aromatic rings. The Morgan fingerprint density at radius 2 is 1.96 bits per heavy atom. The van der Waals surface area contributed by atoms with Crippen LogP contribution in [0.25, 0.3) is 0 Å². The summed E-state index contributed by atoms with van der Waals surface area (Å²) in [7, 11) is -8.29. The Labute approximate surface area is 156 Å². The van der Waals surface area contributed by atoms with Gasteiger partial charge in [0.25, 0.3) is 0 Å². The zero-order valence-corrected chi connectivity index (χ0v) is 15.8. The summed E-state index contributed by atoms with van der Waals surface area (Å²) in [4.78, 5) is 13.1. The van der Waals surface area contributed by atoms with Crippen LogP contribution in [0.5, 0.6) is 5.75 Å². The zero-order valence-electron chi connectivity index (χ0n) is 13.1. The maximum atomic E-state index is 12.8. The van der Waals surface area contributed by atoms with Gasteiger partial charge in [0.2, 0.25) is 10.0 Å². The van der Waals surface area contributed by atoms with Gasteiger partial charge in [0.1, 0.15) is 17.9 Å². The Hall–Kier alpha value is -0.800. The van der Waals surface area contributed by atoms with E-state index in [1.165, 1.54) is 24.5 Å². The number of rotatable bonds is 6. The number of aromatic nitrogens is 1. The summed E-state index contributed by atoms with van der Waals surface area (Å²) < 4.78 is 55.2. The van der Waals surface area contributed by atoms with Crippen molar-refractivity contribution in [2.45, 2.75) is 4.90 Å². The van der Waals surface area contributed by atoms with Gasteiger partial charge in [-0.15, -0.1) is 0 Å². The Morgan fingerprint density at radius 3 is 2.52 bits per heavy atom. The molecule has 2 rings (SSSR count). The van der Waals surface area contributed by atoms with Crippen LogP contribution in [0.15, 0.2) is 53.7 Å². The maximum Gasteiger partial charge on any atom is 1.00 e. The van der Waals surface area contributed by atoms with Gasteiger partial charge in [0.05, 0.1) is 11.1 Å². The summed E-state index contributed by atoms with van der Waals surface area (Å²) in [5.74, 6) is -0.555. The topological polar surface area (TPSA) is 106 Å². The van der Waals surface area contributed by atoms with Gasteiger partial charge >= 0.3 is 37.2 Å². The third-order valence-electron chi connectivity index (χ3n) is 2.46. The van der Waals surface area contributed by atoms with E-state index in [9.17, 15) is 22.3 Å². The molecule has 0 amide bonds. The summed E-state index contributed by atoms with van der Waals surface area (Å²) in [6.45, 7) is 0. The number of pyridine rings is 1. The fourth-order valence-electron chi connectivity index (χ4n) is 1.46. The standard InChI is InChI=1S/C12H12FN2O5PS.Na.H/c13-10-3-5-12(6-4-10)22(18,19)15-9-21(16,17)20-11-2-1-7-14-8-11;;/h1-8,15H,9H2,(H,16,17);;/q;+1;-1. The molecule has 0 aliphatic rings. The second-order valence-corrected chi connectivity index (χ2v) is 7.72. The SMILES string of the molecule is O=P(O)(CNS(=O)(=O)c1ccc(F)cc1)Oc1cccnc1.[H-].[Na+]. The van der Waals surface area contributed by atoms with E-state index in [-0.39, 0.29) is 41.6 Å². The van der Waals surface area contributed by atoms with Crippen molar-refractivity contribution in [3.8, 4) is 5.75 Å². The average Bonchev–Trinajstić information content (AvgIpc) is 2.47. The van der Waals surface area contributed by atoms with Gasteiger partial charge < -0.3 is 10.8 Å². The molecule has 0 aliphatic heterocycles. The molecule has 23 heavy (non-hydrogen) atoms. The largest absolute Gasteiger partial charge is 1.00 e. The molecular weight excluding hydrogens is 357 g/mol. The first-order valence-electron chi connectivity index (χ1n) is 5.95. The first-order valence-corrected chi connectivity index (χ1v) is 9.20. The molecule has 11 heteroatoms. The normalized spacial score (nSPS) is 13.7. The molecule has 0 bridgehead atoms. The molecular formula is C12H13FN2NaO5PS. The van der Waals surface area contributed by atoms with Crippen molar-refractivity contribution >= 4 is 17.6 Å². The van der Waals surface area contributed by atoms with Crippen LogP contribution in [0, 0.1) is 5.82 Å². The minimum absolute atomic E-state index is 0. The van der Waals surface area contributed by atoms with Gasteiger partial charge in [-0.05, 0) is 36.4 Å². The first-order chi connectivity index (χ1) is 10.3. The third-order valence-corrected chi connectivity index (χ3v) is 5.15. The second kappa shape index (κ2) is 8.34. The second-order valence-electron chi connectivity index (χ2n) is 4.18. The van der Waals surface area contributed by atoms with Crippen molar-refractivity contribution in [1.29, 1.82) is 0 Å². The van der Waals surface area contributed by atoms with Crippen LogP contribution in [-0.4, -0.2) is 24.6 Å². The molecule has 1 atom stereocenters. The minimum Gasteiger partial charge on any atom is -1.00 e. The van der Waals surface area contributed by atoms with E-state index in [0.29, 0.717) is 0 Å². The molecule has 1 unspecified atom stereocenters. The molecule has 0 saturated carbocycles. The number of benzene rings is 1. The van der Waals surface area contributed by atoms with E-state index in [1.54, 1.807) is 0 Å². The Bertz CT molecular complexity index is 795. The van der Waals surface area contributed by atoms with E-state index in [0.717, 1.165) is 24.3 Å². The van der Waals surface area contributed by atoms with E-state index < -0.39 is 29.7 Å². The Balaban J connectivity index is 0.00000264. The first kappa shape index (κ1) is 20.2. The summed E-state index contributed by atoms with van der Waals surface area (Å²) in [5, 5.41) is 0. The predicted molar refractivity (Wildman–Crippen MR) is 77.4 cm³/mol. The molecule has 1 heterocycles. The molecule has 120 valence electrons. The van der Waals surface area contributed by atoms with Crippen LogP contribution in [0.3, 0.4) is 0 Å². The molecule has 7 nitrogen and oxygen atoms in total. The molecule has 1 aromatic carbocycles. The van der Waals surface area contributed by atoms with Gasteiger partial charge in [-0.2, -0.15) is 4.72 Å². The van der Waals surface area contributed by atoms with Gasteiger partial charge in [-0.1, -0.05) is 0 Å². The summed E-state index contributed by atoms with van der Waals surface area (Å²) >= 11 is 0. The van der Waals surface area contributed by atoms with E-state index >= 15 is 0 Å². The molecule has 0 fully saturated rings. The van der Waals surface area contributed by atoms with Crippen LogP contribution in [0.1, 0.15) is 1.43 Å². The monoisotopic (exact) mass is 370 g/mol. The number of hydrogen-bond acceptors (Lipinski definition) is 5. The number of hydrogen-bond donors (Lipinski definition) is 2. The van der Waals surface area contributed by atoms with Crippen molar-refractivity contribution in [1.82, 2.24) is 9.71 Å². The fourth-order valence-corrected chi connectivity index (χ4v) is 3.96. The Morgan fingerprint density at radius 1 is 1.30 bits per heavy atom. The van der Waals surface area contributed by atoms with Gasteiger partial charge in [0.15, 0.2) is 0 Å². The molecule has 0 radical (unpaired) electrons. The Kier molecular flexibility index (Phi) is 7.34. The van der Waals surface area contributed by atoms with Crippen LogP contribution in [0.2, 0.25) is 0 Å². The summed E-state index contributed by atoms with van der Waals surface area (Å²) in [6.07, 6.45) is 1.84. The third kappa shape index (κ3) is 6.31. The number of sulfonamides is 1. The van der Waals surface area contributed by atoms with E-state index in [2.05, 4.69) is 4.98 Å². The molecule has 0 spiro atoms. The van der Waals surface area contributed by atoms with Gasteiger partial charge in [0, 0.05) is 6.20 Å². The van der Waals surface area contributed by atoms with Crippen LogP contribution < -0.4 is 38.8 Å². The van der Waals surface area contributed by atoms with E-state index in [1.807, 2.05) is 4.72 Å². The minimum atomic E-state index is -4.25. The van der Waals surface area contributed by atoms with Crippen molar-refractivity contribution in [2.75, 3.05) is 6.29 Å². The zero-order chi connectivity index (χ0) is 16.2. The molecule has 0 saturated heterocycles. The number of nitrogens with one attached hydrogen (secondary N) is 1. The quantitative estimate of drug-likeness (QED) is 0.491. The van der Waals surface area contributed by atoms with Crippen molar-refractivity contribution in [3.63, 3.8) is 0 Å². The van der Waals surface area contributed by atoms with Gasteiger partial charge in [-0.25, -0.2) is 17.4 Å². The predicted octanol–water partition coefficient (Wildman–Crippen LogP) is -1.16. The van der Waals surface area contributed by atoms with Crippen LogP contribution in [-0.2, 0) is 14.6 Å². The molecule has 1 aromatic heterocycles. The average molecular weight is 370 g/mol. The van der Waals surface area contributed by atoms with E-state index in [4.69, 9.17) is 4.52 Å². The van der Waals surface area contributed by atoms with Gasteiger partial charge in [-0.3, -0.25) is 4.98 Å². The summed E-state index contributed by atoms with van der Waals surface area (Å²) in [6, 6.07) is 6.94. The smallest absolute Gasteiger partial charge is 1.00 e. The maximum absolute atomic E-state index is 12.8. The molecule has 0 aliphatic carbocycles. The fraction of sp³-hybridized carbons (Fsp3) is 0.0833. The van der Waals surface area contributed by atoms with Crippen molar-refractivity contribution in [3.05, 3.63) is 54.6 Å². The molecule has 2 N–H and O–H groups in total. The van der Waals surface area contributed by atoms with Crippen molar-refractivity contribution < 1.29 is 57.8 Å². The number of halogens is 1. The van der Waals surface area contributed by atoms with Crippen molar-refractivity contribution in [2.24, 2.45) is 0 Å². The van der Waals surface area contributed by atoms with Crippen LogP contribution in [0.4, 0.5) is 4.39 Å². The van der Waals surface area contributed by atoms with Crippen LogP contribution >= 0.6 is 7.60 Å². The summed E-state index contributed by atoms with van der Waals surface area (Å²) in [5.41, 5.74) is 0.